The van der Waals surface area contributed by atoms with Crippen LogP contribution in [0.1, 0.15) is 21.5 Å². The normalized spacial score (nSPS) is 10.9. The summed E-state index contributed by atoms with van der Waals surface area (Å²) in [5, 5.41) is 13.1. The molecule has 0 saturated carbocycles. The van der Waals surface area contributed by atoms with E-state index in [0.717, 1.165) is 12.1 Å². The number of nitrogens with zero attached hydrogens (tertiary/aromatic N) is 1. The van der Waals surface area contributed by atoms with Gasteiger partial charge in [0, 0.05) is 17.7 Å². The molecule has 8 nitrogen and oxygen atoms in total. The Morgan fingerprint density at radius 2 is 1.64 bits per heavy atom. The minimum Gasteiger partial charge on any atom is -0.429 e. The van der Waals surface area contributed by atoms with Gasteiger partial charge in [-0.05, 0) is 48.0 Å². The molecule has 3 aromatic carbocycles. The molecular formula is C22H15F3N2O6. The molecule has 1 N–H and O–H groups in total. The molecule has 0 aliphatic carbocycles. The van der Waals surface area contributed by atoms with Crippen molar-refractivity contribution < 1.29 is 37.2 Å². The predicted octanol–water partition coefficient (Wildman–Crippen LogP) is 5.58. The lowest BCUT2D eigenvalue weighted by Crippen LogP contribution is -2.16. The number of nitro groups is 1. The van der Waals surface area contributed by atoms with Crippen molar-refractivity contribution in [3.05, 3.63) is 99.6 Å². The van der Waals surface area contributed by atoms with Gasteiger partial charge in [0.2, 0.25) is 0 Å². The van der Waals surface area contributed by atoms with Gasteiger partial charge in [-0.3, -0.25) is 14.9 Å². The number of ether oxygens (including phenoxy) is 2. The van der Waals surface area contributed by atoms with Gasteiger partial charge in [0.25, 0.3) is 11.6 Å². The molecule has 170 valence electrons. The van der Waals surface area contributed by atoms with Crippen molar-refractivity contribution in [3.63, 3.8) is 0 Å². The highest BCUT2D eigenvalue weighted by Gasteiger charge is 2.32. The van der Waals surface area contributed by atoms with Gasteiger partial charge in [-0.25, -0.2) is 4.79 Å². The predicted molar refractivity (Wildman–Crippen MR) is 110 cm³/mol. The first kappa shape index (κ1) is 23.3. The summed E-state index contributed by atoms with van der Waals surface area (Å²) < 4.78 is 49.1. The number of anilines is 1. The molecule has 33 heavy (non-hydrogen) atoms. The lowest BCUT2D eigenvalue weighted by atomic mass is 10.1. The Labute approximate surface area is 184 Å². The van der Waals surface area contributed by atoms with Gasteiger partial charge in [-0.2, -0.15) is 13.2 Å². The Hall–Kier alpha value is -4.41. The van der Waals surface area contributed by atoms with Crippen LogP contribution in [0.15, 0.2) is 72.8 Å². The quantitative estimate of drug-likeness (QED) is 0.223. The molecule has 11 heteroatoms. The van der Waals surface area contributed by atoms with E-state index in [4.69, 9.17) is 9.47 Å². The SMILES string of the molecule is O=C(OCc1ccc([N+](=O)[O-])cc1)Oc1cc(C(F)(F)F)ccc1NC(=O)c1ccccc1. The van der Waals surface area contributed by atoms with Gasteiger partial charge in [0.05, 0.1) is 16.2 Å². The van der Waals surface area contributed by atoms with Crippen LogP contribution in [-0.2, 0) is 17.5 Å². The largest absolute Gasteiger partial charge is 0.514 e. The number of halogens is 3. The van der Waals surface area contributed by atoms with E-state index in [9.17, 15) is 32.9 Å². The van der Waals surface area contributed by atoms with Gasteiger partial charge >= 0.3 is 12.3 Å². The Kier molecular flexibility index (Phi) is 6.91. The van der Waals surface area contributed by atoms with E-state index in [2.05, 4.69) is 5.32 Å². The van der Waals surface area contributed by atoms with Crippen LogP contribution in [-0.4, -0.2) is 17.0 Å². The fourth-order valence-electron chi connectivity index (χ4n) is 2.65. The number of nitro benzene ring substituents is 1. The number of alkyl halides is 3. The van der Waals surface area contributed by atoms with Crippen LogP contribution < -0.4 is 10.1 Å². The molecule has 0 aliphatic rings. The maximum Gasteiger partial charge on any atom is 0.514 e. The smallest absolute Gasteiger partial charge is 0.429 e. The molecule has 0 spiro atoms. The summed E-state index contributed by atoms with van der Waals surface area (Å²) in [6.45, 7) is -0.346. The van der Waals surface area contributed by atoms with E-state index in [0.29, 0.717) is 11.6 Å². The average Bonchev–Trinajstić information content (AvgIpc) is 2.79. The molecule has 0 heterocycles. The highest BCUT2D eigenvalue weighted by molar-refractivity contribution is 6.05. The number of benzene rings is 3. The third-order valence-corrected chi connectivity index (χ3v) is 4.29. The number of non-ortho nitro benzene ring substituents is 1. The second-order valence-electron chi connectivity index (χ2n) is 6.59. The molecule has 0 atom stereocenters. The number of carbonyl (C=O) groups is 2. The third-order valence-electron chi connectivity index (χ3n) is 4.29. The van der Waals surface area contributed by atoms with E-state index in [-0.39, 0.29) is 23.5 Å². The maximum absolute atomic E-state index is 13.1. The van der Waals surface area contributed by atoms with Crippen molar-refractivity contribution in [2.45, 2.75) is 12.8 Å². The molecule has 0 saturated heterocycles. The third kappa shape index (κ3) is 6.29. The number of hydrogen-bond acceptors (Lipinski definition) is 6. The average molecular weight is 460 g/mol. The summed E-state index contributed by atoms with van der Waals surface area (Å²) in [6, 6.07) is 15.3. The monoisotopic (exact) mass is 460 g/mol. The van der Waals surface area contributed by atoms with Crippen molar-refractivity contribution in [2.24, 2.45) is 0 Å². The van der Waals surface area contributed by atoms with Crippen molar-refractivity contribution in [1.82, 2.24) is 0 Å². The minimum absolute atomic E-state index is 0.163. The molecule has 1 amide bonds. The summed E-state index contributed by atoms with van der Waals surface area (Å²) in [5.74, 6) is -1.19. The zero-order chi connectivity index (χ0) is 24.0. The molecule has 3 aromatic rings. The summed E-state index contributed by atoms with van der Waals surface area (Å²) in [4.78, 5) is 34.5. The molecule has 0 unspecified atom stereocenters. The van der Waals surface area contributed by atoms with Crippen molar-refractivity contribution >= 4 is 23.4 Å². The van der Waals surface area contributed by atoms with E-state index in [1.807, 2.05) is 0 Å². The molecule has 0 radical (unpaired) electrons. The van der Waals surface area contributed by atoms with Crippen LogP contribution in [0.5, 0.6) is 5.75 Å². The van der Waals surface area contributed by atoms with Gasteiger partial charge < -0.3 is 14.8 Å². The Balaban J connectivity index is 1.75. The van der Waals surface area contributed by atoms with Crippen molar-refractivity contribution in [2.75, 3.05) is 5.32 Å². The number of amides is 1. The summed E-state index contributed by atoms with van der Waals surface area (Å²) in [6.07, 6.45) is -6.05. The molecule has 0 aromatic heterocycles. The molecule has 3 rings (SSSR count). The second kappa shape index (κ2) is 9.81. The Morgan fingerprint density at radius 3 is 2.24 bits per heavy atom. The summed E-state index contributed by atoms with van der Waals surface area (Å²) in [5.41, 5.74) is -0.810. The lowest BCUT2D eigenvalue weighted by molar-refractivity contribution is -0.384. The highest BCUT2D eigenvalue weighted by atomic mass is 19.4. The van der Waals surface area contributed by atoms with Crippen LogP contribution in [0.2, 0.25) is 0 Å². The zero-order valence-corrected chi connectivity index (χ0v) is 16.7. The minimum atomic E-state index is -4.72. The standard InChI is InChI=1S/C22H15F3N2O6/c23-22(24,25)16-8-11-18(26-20(28)15-4-2-1-3-5-15)19(12-16)33-21(29)32-13-14-6-9-17(10-7-14)27(30)31/h1-12H,13H2,(H,26,28). The fraction of sp³-hybridized carbons (Fsp3) is 0.0909. The Morgan fingerprint density at radius 1 is 0.970 bits per heavy atom. The lowest BCUT2D eigenvalue weighted by Gasteiger charge is -2.14. The van der Waals surface area contributed by atoms with Crippen molar-refractivity contribution in [1.29, 1.82) is 0 Å². The van der Waals surface area contributed by atoms with Gasteiger partial charge in [0.1, 0.15) is 6.61 Å². The second-order valence-corrected chi connectivity index (χ2v) is 6.59. The maximum atomic E-state index is 13.1. The highest BCUT2D eigenvalue weighted by Crippen LogP contribution is 2.35. The molecule has 0 bridgehead atoms. The van der Waals surface area contributed by atoms with Gasteiger partial charge in [-0.1, -0.05) is 18.2 Å². The first-order valence-electron chi connectivity index (χ1n) is 9.29. The van der Waals surface area contributed by atoms with Crippen LogP contribution >= 0.6 is 0 Å². The van der Waals surface area contributed by atoms with E-state index >= 15 is 0 Å². The molecule has 0 fully saturated rings. The van der Waals surface area contributed by atoms with E-state index < -0.39 is 34.5 Å². The number of nitrogens with one attached hydrogen (secondary N) is 1. The fourth-order valence-corrected chi connectivity index (χ4v) is 2.65. The van der Waals surface area contributed by atoms with E-state index in [1.165, 1.54) is 36.4 Å². The van der Waals surface area contributed by atoms with Crippen LogP contribution in [0.3, 0.4) is 0 Å². The van der Waals surface area contributed by atoms with Crippen LogP contribution in [0.4, 0.5) is 29.3 Å². The number of hydrogen-bond donors (Lipinski definition) is 1. The summed E-state index contributed by atoms with van der Waals surface area (Å²) in [7, 11) is 0. The van der Waals surface area contributed by atoms with Gasteiger partial charge in [0.15, 0.2) is 5.75 Å². The van der Waals surface area contributed by atoms with Gasteiger partial charge in [-0.15, -0.1) is 0 Å². The summed E-state index contributed by atoms with van der Waals surface area (Å²) >= 11 is 0. The van der Waals surface area contributed by atoms with Crippen molar-refractivity contribution in [3.8, 4) is 5.75 Å². The number of carbonyl (C=O) groups excluding carboxylic acids is 2. The first-order chi connectivity index (χ1) is 15.6. The molecular weight excluding hydrogens is 445 g/mol. The number of rotatable bonds is 6. The Bertz CT molecular complexity index is 1160. The molecule has 0 aliphatic heterocycles. The topological polar surface area (TPSA) is 108 Å². The van der Waals surface area contributed by atoms with E-state index in [1.54, 1.807) is 18.2 Å². The van der Waals surface area contributed by atoms with Crippen LogP contribution in [0.25, 0.3) is 0 Å². The van der Waals surface area contributed by atoms with Crippen LogP contribution in [0, 0.1) is 10.1 Å². The zero-order valence-electron chi connectivity index (χ0n) is 16.7. The first-order valence-corrected chi connectivity index (χ1v) is 9.29.